The Balaban J connectivity index is 1.71. The average Bonchev–Trinajstić information content (AvgIpc) is 3.16. The van der Waals surface area contributed by atoms with Gasteiger partial charge in [-0.05, 0) is 60.5 Å². The molecule has 2 aromatic carbocycles. The summed E-state index contributed by atoms with van der Waals surface area (Å²) in [5, 5.41) is 1.90. The molecule has 28 heavy (non-hydrogen) atoms. The summed E-state index contributed by atoms with van der Waals surface area (Å²) in [5.41, 5.74) is 10.6. The van der Waals surface area contributed by atoms with E-state index in [0.29, 0.717) is 5.56 Å². The maximum Gasteiger partial charge on any atom is 0.263 e. The van der Waals surface area contributed by atoms with Crippen molar-refractivity contribution in [2.75, 3.05) is 5.73 Å². The molecule has 0 amide bonds. The largest absolute Gasteiger partial charge is 0.368 e. The molecule has 0 unspecified atom stereocenters. The van der Waals surface area contributed by atoms with E-state index < -0.39 is 0 Å². The molecule has 136 valence electrons. The molecule has 3 heterocycles. The van der Waals surface area contributed by atoms with Gasteiger partial charge in [0.1, 0.15) is 0 Å². The van der Waals surface area contributed by atoms with E-state index in [1.807, 2.05) is 67.8 Å². The molecule has 0 aliphatic rings. The third-order valence-electron chi connectivity index (χ3n) is 5.00. The first-order chi connectivity index (χ1) is 13.6. The number of pyridine rings is 1. The highest BCUT2D eigenvalue weighted by Gasteiger charge is 2.12. The van der Waals surface area contributed by atoms with Gasteiger partial charge in [0, 0.05) is 40.6 Å². The summed E-state index contributed by atoms with van der Waals surface area (Å²) in [6.07, 6.45) is 5.39. The van der Waals surface area contributed by atoms with Gasteiger partial charge in [0.2, 0.25) is 5.95 Å². The molecule has 0 aliphatic carbocycles. The Labute approximate surface area is 160 Å². The minimum absolute atomic E-state index is 0.0643. The zero-order valence-electron chi connectivity index (χ0n) is 15.2. The predicted molar refractivity (Wildman–Crippen MR) is 112 cm³/mol. The molecule has 0 radical (unpaired) electrons. The van der Waals surface area contributed by atoms with Crippen LogP contribution in [0.5, 0.6) is 0 Å². The van der Waals surface area contributed by atoms with Gasteiger partial charge in [0.25, 0.3) is 5.56 Å². The van der Waals surface area contributed by atoms with Crippen LogP contribution >= 0.6 is 0 Å². The first kappa shape index (κ1) is 16.3. The van der Waals surface area contributed by atoms with Crippen molar-refractivity contribution in [3.63, 3.8) is 0 Å². The van der Waals surface area contributed by atoms with E-state index in [1.165, 1.54) is 0 Å². The second kappa shape index (κ2) is 6.06. The molecule has 0 saturated heterocycles. The third-order valence-corrected chi connectivity index (χ3v) is 5.00. The van der Waals surface area contributed by atoms with E-state index in [-0.39, 0.29) is 11.5 Å². The number of fused-ring (bicyclic) bond motifs is 2. The highest BCUT2D eigenvalue weighted by molar-refractivity contribution is 5.85. The monoisotopic (exact) mass is 367 g/mol. The molecule has 0 atom stereocenters. The number of nitrogens with two attached hydrogens (primary N) is 1. The molecule has 3 aromatic heterocycles. The quantitative estimate of drug-likeness (QED) is 0.496. The van der Waals surface area contributed by atoms with Crippen LogP contribution < -0.4 is 11.3 Å². The summed E-state index contributed by atoms with van der Waals surface area (Å²) in [6, 6.07) is 15.6. The molecule has 5 aromatic rings. The highest BCUT2D eigenvalue weighted by Crippen LogP contribution is 2.25. The molecule has 0 fully saturated rings. The van der Waals surface area contributed by atoms with Crippen LogP contribution in [-0.2, 0) is 0 Å². The van der Waals surface area contributed by atoms with Crippen molar-refractivity contribution in [2.45, 2.75) is 6.92 Å². The maximum absolute atomic E-state index is 13.4. The lowest BCUT2D eigenvalue weighted by molar-refractivity contribution is 0.988. The second-order valence-corrected chi connectivity index (χ2v) is 6.80. The number of H-pyrrole nitrogens is 1. The van der Waals surface area contributed by atoms with Crippen molar-refractivity contribution in [1.29, 1.82) is 0 Å². The lowest BCUT2D eigenvalue weighted by Crippen LogP contribution is -2.20. The van der Waals surface area contributed by atoms with Crippen LogP contribution in [0.2, 0.25) is 0 Å². The Kier molecular flexibility index (Phi) is 3.52. The Morgan fingerprint density at radius 2 is 1.93 bits per heavy atom. The van der Waals surface area contributed by atoms with Crippen LogP contribution in [0.25, 0.3) is 38.6 Å². The standard InChI is InChI=1S/C22H17N5O/c1-13-7-9-27(17-3-5-18-14(11-17)6-8-24-18)21(28)20(13)15-2-4-19-16(10-15)12-25-22(23)26-19/h2-12,24H,1H3,(H2,23,25,26). The molecule has 3 N–H and O–H groups in total. The van der Waals surface area contributed by atoms with Crippen molar-refractivity contribution >= 4 is 27.8 Å². The Morgan fingerprint density at radius 3 is 2.82 bits per heavy atom. The van der Waals surface area contributed by atoms with Gasteiger partial charge in [0.05, 0.1) is 11.1 Å². The number of nitrogens with zero attached hydrogens (tertiary/aromatic N) is 3. The van der Waals surface area contributed by atoms with Crippen LogP contribution in [0, 0.1) is 6.92 Å². The van der Waals surface area contributed by atoms with E-state index in [0.717, 1.165) is 38.6 Å². The normalized spacial score (nSPS) is 11.3. The fraction of sp³-hybridized carbons (Fsp3) is 0.0455. The molecule has 6 nitrogen and oxygen atoms in total. The first-order valence-electron chi connectivity index (χ1n) is 8.92. The summed E-state index contributed by atoms with van der Waals surface area (Å²) >= 11 is 0. The number of aryl methyl sites for hydroxylation is 1. The molecule has 0 spiro atoms. The second-order valence-electron chi connectivity index (χ2n) is 6.80. The van der Waals surface area contributed by atoms with Gasteiger partial charge in [-0.1, -0.05) is 6.07 Å². The molecule has 5 rings (SSSR count). The number of hydrogen-bond acceptors (Lipinski definition) is 4. The van der Waals surface area contributed by atoms with Crippen LogP contribution in [0.15, 0.2) is 71.9 Å². The molecular formula is C22H17N5O. The van der Waals surface area contributed by atoms with E-state index in [1.54, 1.807) is 10.8 Å². The number of anilines is 1. The summed E-state index contributed by atoms with van der Waals surface area (Å²) < 4.78 is 1.68. The van der Waals surface area contributed by atoms with E-state index >= 15 is 0 Å². The number of aromatic nitrogens is 4. The molecule has 6 heteroatoms. The number of nitrogens with one attached hydrogen (secondary N) is 1. The minimum atomic E-state index is -0.0643. The van der Waals surface area contributed by atoms with E-state index in [9.17, 15) is 4.79 Å². The fourth-order valence-corrected chi connectivity index (χ4v) is 3.57. The molecule has 0 aliphatic heterocycles. The molecule has 0 saturated carbocycles. The first-order valence-corrected chi connectivity index (χ1v) is 8.92. The van der Waals surface area contributed by atoms with Gasteiger partial charge in [-0.25, -0.2) is 9.97 Å². The highest BCUT2D eigenvalue weighted by atomic mass is 16.1. The Hall–Kier alpha value is -3.93. The van der Waals surface area contributed by atoms with E-state index in [4.69, 9.17) is 5.73 Å². The van der Waals surface area contributed by atoms with Gasteiger partial charge in [-0.2, -0.15) is 0 Å². The minimum Gasteiger partial charge on any atom is -0.368 e. The fourth-order valence-electron chi connectivity index (χ4n) is 3.57. The lowest BCUT2D eigenvalue weighted by atomic mass is 10.0. The van der Waals surface area contributed by atoms with Crippen molar-refractivity contribution in [3.05, 3.63) is 83.0 Å². The van der Waals surface area contributed by atoms with Gasteiger partial charge >= 0.3 is 0 Å². The molecule has 0 bridgehead atoms. The van der Waals surface area contributed by atoms with Gasteiger partial charge in [0.15, 0.2) is 0 Å². The Morgan fingerprint density at radius 1 is 1.04 bits per heavy atom. The zero-order chi connectivity index (χ0) is 19.3. The maximum atomic E-state index is 13.4. The molecular weight excluding hydrogens is 350 g/mol. The summed E-state index contributed by atoms with van der Waals surface area (Å²) in [4.78, 5) is 24.8. The van der Waals surface area contributed by atoms with Crippen LogP contribution in [0.4, 0.5) is 5.95 Å². The predicted octanol–water partition coefficient (Wildman–Crippen LogP) is 3.82. The number of aromatic amines is 1. The third kappa shape index (κ3) is 2.54. The number of benzene rings is 2. The lowest BCUT2D eigenvalue weighted by Gasteiger charge is -2.12. The van der Waals surface area contributed by atoms with Crippen molar-refractivity contribution in [1.82, 2.24) is 19.5 Å². The van der Waals surface area contributed by atoms with Crippen LogP contribution in [0.3, 0.4) is 0 Å². The van der Waals surface area contributed by atoms with E-state index in [2.05, 4.69) is 15.0 Å². The summed E-state index contributed by atoms with van der Waals surface area (Å²) in [5.74, 6) is 0.235. The van der Waals surface area contributed by atoms with Gasteiger partial charge in [-0.15, -0.1) is 0 Å². The van der Waals surface area contributed by atoms with Crippen LogP contribution in [-0.4, -0.2) is 19.5 Å². The SMILES string of the molecule is Cc1ccn(-c2ccc3[nH]ccc3c2)c(=O)c1-c1ccc2nc(N)ncc2c1. The zero-order valence-corrected chi connectivity index (χ0v) is 15.2. The van der Waals surface area contributed by atoms with Crippen molar-refractivity contribution in [2.24, 2.45) is 0 Å². The topological polar surface area (TPSA) is 89.6 Å². The average molecular weight is 367 g/mol. The number of rotatable bonds is 2. The smallest absolute Gasteiger partial charge is 0.263 e. The van der Waals surface area contributed by atoms with Crippen molar-refractivity contribution in [3.8, 4) is 16.8 Å². The van der Waals surface area contributed by atoms with Crippen molar-refractivity contribution < 1.29 is 0 Å². The Bertz CT molecular complexity index is 1410. The number of hydrogen-bond donors (Lipinski definition) is 2. The number of nitrogen functional groups attached to an aromatic ring is 1. The van der Waals surface area contributed by atoms with Crippen LogP contribution in [0.1, 0.15) is 5.56 Å². The van der Waals surface area contributed by atoms with Gasteiger partial charge < -0.3 is 10.7 Å². The summed E-state index contributed by atoms with van der Waals surface area (Å²) in [7, 11) is 0. The van der Waals surface area contributed by atoms with Gasteiger partial charge in [-0.3, -0.25) is 9.36 Å². The summed E-state index contributed by atoms with van der Waals surface area (Å²) in [6.45, 7) is 1.94.